The highest BCUT2D eigenvalue weighted by Gasteiger charge is 2.04. The molecule has 0 saturated heterocycles. The number of aliphatic carboxylic acids is 1. The first kappa shape index (κ1) is 14.1. The summed E-state index contributed by atoms with van der Waals surface area (Å²) in [5.74, 6) is -0.516. The molecule has 3 nitrogen and oxygen atoms in total. The molecule has 0 unspecified atom stereocenters. The predicted molar refractivity (Wildman–Crippen MR) is 74.6 cm³/mol. The van der Waals surface area contributed by atoms with Crippen molar-refractivity contribution in [2.75, 3.05) is 0 Å². The molecule has 20 heavy (non-hydrogen) atoms. The number of carbonyl (C=O) groups is 1. The Kier molecular flexibility index (Phi) is 4.38. The van der Waals surface area contributed by atoms with Gasteiger partial charge in [0.25, 0.3) is 0 Å². The van der Waals surface area contributed by atoms with Gasteiger partial charge in [-0.1, -0.05) is 17.7 Å². The zero-order chi connectivity index (χ0) is 14.5. The molecule has 0 bridgehead atoms. The minimum atomic E-state index is -1.03. The van der Waals surface area contributed by atoms with Crippen LogP contribution in [0.3, 0.4) is 0 Å². The third kappa shape index (κ3) is 3.83. The van der Waals surface area contributed by atoms with Crippen LogP contribution in [0.4, 0.5) is 4.39 Å². The van der Waals surface area contributed by atoms with Crippen LogP contribution >= 0.6 is 11.6 Å². The lowest BCUT2D eigenvalue weighted by molar-refractivity contribution is -0.131. The second-order valence-electron chi connectivity index (χ2n) is 3.92. The van der Waals surface area contributed by atoms with E-state index in [0.717, 1.165) is 6.08 Å². The smallest absolute Gasteiger partial charge is 0.328 e. The van der Waals surface area contributed by atoms with Crippen molar-refractivity contribution >= 4 is 23.6 Å². The van der Waals surface area contributed by atoms with Crippen LogP contribution in [-0.4, -0.2) is 11.1 Å². The highest BCUT2D eigenvalue weighted by atomic mass is 35.5. The molecule has 0 heterocycles. The van der Waals surface area contributed by atoms with E-state index in [4.69, 9.17) is 21.4 Å². The van der Waals surface area contributed by atoms with Crippen molar-refractivity contribution in [3.63, 3.8) is 0 Å². The van der Waals surface area contributed by atoms with E-state index in [9.17, 15) is 9.18 Å². The lowest BCUT2D eigenvalue weighted by Crippen LogP contribution is -1.88. The van der Waals surface area contributed by atoms with E-state index in [0.29, 0.717) is 22.1 Å². The monoisotopic (exact) mass is 292 g/mol. The molecule has 0 aliphatic carbocycles. The lowest BCUT2D eigenvalue weighted by Gasteiger charge is -2.08. The topological polar surface area (TPSA) is 46.5 Å². The molecule has 102 valence electrons. The van der Waals surface area contributed by atoms with Crippen LogP contribution in [0.15, 0.2) is 48.5 Å². The van der Waals surface area contributed by atoms with Gasteiger partial charge in [-0.3, -0.25) is 0 Å². The molecule has 5 heteroatoms. The summed E-state index contributed by atoms with van der Waals surface area (Å²) in [6.07, 6.45) is 2.45. The Morgan fingerprint density at radius 3 is 2.50 bits per heavy atom. The first-order chi connectivity index (χ1) is 9.54. The second kappa shape index (κ2) is 6.21. The molecule has 0 spiro atoms. The highest BCUT2D eigenvalue weighted by molar-refractivity contribution is 6.32. The molecule has 0 fully saturated rings. The van der Waals surface area contributed by atoms with Gasteiger partial charge in [-0.05, 0) is 48.0 Å². The van der Waals surface area contributed by atoms with E-state index in [2.05, 4.69) is 0 Å². The zero-order valence-electron chi connectivity index (χ0n) is 10.2. The number of hydrogen-bond donors (Lipinski definition) is 1. The lowest BCUT2D eigenvalue weighted by atomic mass is 10.2. The number of hydrogen-bond acceptors (Lipinski definition) is 2. The highest BCUT2D eigenvalue weighted by Crippen LogP contribution is 2.30. The molecule has 2 aromatic rings. The molecular formula is C15H10ClFO3. The molecule has 0 amide bonds. The molecule has 0 aliphatic rings. The van der Waals surface area contributed by atoms with Gasteiger partial charge in [0.15, 0.2) is 0 Å². The maximum atomic E-state index is 12.8. The van der Waals surface area contributed by atoms with Gasteiger partial charge in [0, 0.05) is 6.08 Å². The van der Waals surface area contributed by atoms with Crippen molar-refractivity contribution < 1.29 is 19.0 Å². The minimum Gasteiger partial charge on any atom is -0.478 e. The van der Waals surface area contributed by atoms with E-state index in [-0.39, 0.29) is 5.82 Å². The first-order valence-electron chi connectivity index (χ1n) is 5.68. The Labute approximate surface area is 119 Å². The molecule has 0 radical (unpaired) electrons. The maximum Gasteiger partial charge on any atom is 0.328 e. The summed E-state index contributed by atoms with van der Waals surface area (Å²) in [6, 6.07) is 10.4. The quantitative estimate of drug-likeness (QED) is 0.851. The van der Waals surface area contributed by atoms with Crippen molar-refractivity contribution in [3.05, 3.63) is 64.9 Å². The Bertz CT molecular complexity index is 651. The SMILES string of the molecule is O=C(O)/C=C/c1ccc(Oc2ccc(F)cc2)c(Cl)c1. The fraction of sp³-hybridized carbons (Fsp3) is 0. The van der Waals surface area contributed by atoms with Crippen molar-refractivity contribution in [3.8, 4) is 11.5 Å². The normalized spacial score (nSPS) is 10.7. The van der Waals surface area contributed by atoms with E-state index in [1.165, 1.54) is 30.3 Å². The number of benzene rings is 2. The Morgan fingerprint density at radius 2 is 1.90 bits per heavy atom. The minimum absolute atomic E-state index is 0.335. The van der Waals surface area contributed by atoms with E-state index in [1.54, 1.807) is 18.2 Å². The molecule has 0 aromatic heterocycles. The molecule has 0 aliphatic heterocycles. The number of carboxylic acid groups (broad SMARTS) is 1. The van der Waals surface area contributed by atoms with Crippen LogP contribution in [0.2, 0.25) is 5.02 Å². The summed E-state index contributed by atoms with van der Waals surface area (Å²) in [5, 5.41) is 8.88. The van der Waals surface area contributed by atoms with Crippen molar-refractivity contribution in [1.82, 2.24) is 0 Å². The third-order valence-corrected chi connectivity index (χ3v) is 2.71. The number of ether oxygens (including phenoxy) is 1. The van der Waals surface area contributed by atoms with Gasteiger partial charge in [0.05, 0.1) is 5.02 Å². The number of halogens is 2. The summed E-state index contributed by atoms with van der Waals surface area (Å²) >= 11 is 6.05. The van der Waals surface area contributed by atoms with Crippen LogP contribution in [0.5, 0.6) is 11.5 Å². The van der Waals surface area contributed by atoms with Crippen LogP contribution in [0, 0.1) is 5.82 Å². The van der Waals surface area contributed by atoms with Crippen molar-refractivity contribution in [2.24, 2.45) is 0 Å². The predicted octanol–water partition coefficient (Wildman–Crippen LogP) is 4.37. The van der Waals surface area contributed by atoms with Gasteiger partial charge in [0.1, 0.15) is 17.3 Å². The van der Waals surface area contributed by atoms with E-state index < -0.39 is 5.97 Å². The second-order valence-corrected chi connectivity index (χ2v) is 4.32. The van der Waals surface area contributed by atoms with Gasteiger partial charge >= 0.3 is 5.97 Å². The molecule has 1 N–H and O–H groups in total. The third-order valence-electron chi connectivity index (χ3n) is 2.42. The fourth-order valence-corrected chi connectivity index (χ4v) is 1.73. The van der Waals surface area contributed by atoms with Gasteiger partial charge in [-0.25, -0.2) is 9.18 Å². The van der Waals surface area contributed by atoms with E-state index >= 15 is 0 Å². The Balaban J connectivity index is 2.17. The molecule has 0 saturated carbocycles. The summed E-state index contributed by atoms with van der Waals surface area (Å²) in [7, 11) is 0. The van der Waals surface area contributed by atoms with Crippen LogP contribution in [-0.2, 0) is 4.79 Å². The molecule has 2 rings (SSSR count). The summed E-state index contributed by atoms with van der Waals surface area (Å²) in [6.45, 7) is 0. The van der Waals surface area contributed by atoms with Gasteiger partial charge in [-0.15, -0.1) is 0 Å². The average Bonchev–Trinajstić information content (AvgIpc) is 2.41. The Hall–Kier alpha value is -2.33. The van der Waals surface area contributed by atoms with Crippen LogP contribution in [0.25, 0.3) is 6.08 Å². The largest absolute Gasteiger partial charge is 0.478 e. The number of rotatable bonds is 4. The first-order valence-corrected chi connectivity index (χ1v) is 6.06. The van der Waals surface area contributed by atoms with Gasteiger partial charge in [-0.2, -0.15) is 0 Å². The molecule has 2 aromatic carbocycles. The standard InChI is InChI=1S/C15H10ClFO3/c16-13-9-10(2-8-15(18)19)1-7-14(13)20-12-5-3-11(17)4-6-12/h1-9H,(H,18,19)/b8-2+. The van der Waals surface area contributed by atoms with Crippen LogP contribution in [0.1, 0.15) is 5.56 Å². The van der Waals surface area contributed by atoms with E-state index in [1.807, 2.05) is 0 Å². The number of carboxylic acids is 1. The Morgan fingerprint density at radius 1 is 1.20 bits per heavy atom. The average molecular weight is 293 g/mol. The summed E-state index contributed by atoms with van der Waals surface area (Å²) in [4.78, 5) is 10.4. The molecular weight excluding hydrogens is 283 g/mol. The van der Waals surface area contributed by atoms with Gasteiger partial charge in [0.2, 0.25) is 0 Å². The maximum absolute atomic E-state index is 12.8. The van der Waals surface area contributed by atoms with Crippen LogP contribution < -0.4 is 4.74 Å². The zero-order valence-corrected chi connectivity index (χ0v) is 11.0. The molecule has 0 atom stereocenters. The van der Waals surface area contributed by atoms with Crippen molar-refractivity contribution in [2.45, 2.75) is 0 Å². The summed E-state index contributed by atoms with van der Waals surface area (Å²) in [5.41, 5.74) is 0.642. The van der Waals surface area contributed by atoms with Gasteiger partial charge < -0.3 is 9.84 Å². The van der Waals surface area contributed by atoms with Crippen molar-refractivity contribution in [1.29, 1.82) is 0 Å². The summed E-state index contributed by atoms with van der Waals surface area (Å²) < 4.78 is 18.3. The fourth-order valence-electron chi connectivity index (χ4n) is 1.50.